The number of piperidine rings is 1. The summed E-state index contributed by atoms with van der Waals surface area (Å²) in [6, 6.07) is 4.49. The molecule has 2 fully saturated rings. The van der Waals surface area contributed by atoms with Gasteiger partial charge in [0.1, 0.15) is 5.76 Å². The number of rotatable bonds is 4. The lowest BCUT2D eigenvalue weighted by Crippen LogP contribution is -2.46. The molecular formula is C17H28N2O. The molecule has 20 heavy (non-hydrogen) atoms. The van der Waals surface area contributed by atoms with Crippen molar-refractivity contribution < 1.29 is 4.42 Å². The Bertz CT molecular complexity index is 399. The predicted molar refractivity (Wildman–Crippen MR) is 81.4 cm³/mol. The maximum atomic E-state index is 6.38. The van der Waals surface area contributed by atoms with Crippen LogP contribution in [0.2, 0.25) is 0 Å². The highest BCUT2D eigenvalue weighted by Crippen LogP contribution is 2.47. The maximum absolute atomic E-state index is 6.38. The van der Waals surface area contributed by atoms with Crippen LogP contribution in [0.4, 0.5) is 0 Å². The van der Waals surface area contributed by atoms with E-state index < -0.39 is 0 Å². The molecule has 2 unspecified atom stereocenters. The summed E-state index contributed by atoms with van der Waals surface area (Å²) >= 11 is 0. The Hall–Kier alpha value is -0.800. The average Bonchev–Trinajstić information content (AvgIpc) is 3.14. The second kappa shape index (κ2) is 5.90. The molecule has 1 spiro atoms. The van der Waals surface area contributed by atoms with Crippen molar-refractivity contribution in [3.8, 4) is 0 Å². The summed E-state index contributed by atoms with van der Waals surface area (Å²) in [7, 11) is 0. The van der Waals surface area contributed by atoms with Crippen LogP contribution in [-0.2, 0) is 0 Å². The second-order valence-corrected chi connectivity index (χ2v) is 6.78. The fourth-order valence-electron chi connectivity index (χ4n) is 4.25. The van der Waals surface area contributed by atoms with Crippen molar-refractivity contribution in [1.82, 2.24) is 4.90 Å². The summed E-state index contributed by atoms with van der Waals surface area (Å²) in [6.45, 7) is 4.53. The van der Waals surface area contributed by atoms with Gasteiger partial charge in [-0.2, -0.15) is 0 Å². The molecule has 1 saturated heterocycles. The third-order valence-corrected chi connectivity index (χ3v) is 5.63. The van der Waals surface area contributed by atoms with Crippen molar-refractivity contribution in [2.24, 2.45) is 11.1 Å². The summed E-state index contributed by atoms with van der Waals surface area (Å²) in [4.78, 5) is 2.57. The number of nitrogens with two attached hydrogens (primary N) is 1. The Morgan fingerprint density at radius 3 is 2.50 bits per heavy atom. The van der Waals surface area contributed by atoms with E-state index in [4.69, 9.17) is 10.2 Å². The normalized spacial score (nSPS) is 25.9. The van der Waals surface area contributed by atoms with E-state index in [0.29, 0.717) is 5.41 Å². The minimum Gasteiger partial charge on any atom is -0.468 e. The van der Waals surface area contributed by atoms with Gasteiger partial charge in [-0.05, 0) is 62.7 Å². The molecule has 0 aromatic carbocycles. The van der Waals surface area contributed by atoms with Crippen LogP contribution in [0.3, 0.4) is 0 Å². The lowest BCUT2D eigenvalue weighted by Gasteiger charge is -2.43. The number of nitrogens with zero attached hydrogens (tertiary/aromatic N) is 1. The zero-order valence-corrected chi connectivity index (χ0v) is 12.7. The van der Waals surface area contributed by atoms with Crippen LogP contribution in [0.25, 0.3) is 0 Å². The maximum Gasteiger partial charge on any atom is 0.122 e. The molecule has 112 valence electrons. The van der Waals surface area contributed by atoms with Gasteiger partial charge in [0.05, 0.1) is 12.3 Å². The van der Waals surface area contributed by atoms with Crippen molar-refractivity contribution >= 4 is 0 Å². The highest BCUT2D eigenvalue weighted by Gasteiger charge is 2.39. The van der Waals surface area contributed by atoms with Crippen LogP contribution in [0.15, 0.2) is 22.8 Å². The minimum atomic E-state index is 0.166. The van der Waals surface area contributed by atoms with Crippen LogP contribution in [0.1, 0.15) is 63.7 Å². The molecule has 2 atom stereocenters. The van der Waals surface area contributed by atoms with E-state index in [9.17, 15) is 0 Å². The Kier molecular flexibility index (Phi) is 4.18. The van der Waals surface area contributed by atoms with Crippen LogP contribution in [0, 0.1) is 5.41 Å². The summed E-state index contributed by atoms with van der Waals surface area (Å²) < 4.78 is 5.67. The molecule has 1 aromatic rings. The molecule has 1 saturated carbocycles. The van der Waals surface area contributed by atoms with Crippen LogP contribution < -0.4 is 5.73 Å². The van der Waals surface area contributed by atoms with E-state index in [2.05, 4.69) is 17.9 Å². The number of likely N-dealkylation sites (tertiary alicyclic amines) is 1. The molecule has 2 aliphatic rings. The summed E-state index contributed by atoms with van der Waals surface area (Å²) in [5.74, 6) is 1.04. The predicted octanol–water partition coefficient (Wildman–Crippen LogP) is 3.71. The monoisotopic (exact) mass is 276 g/mol. The SMILES string of the molecule is CCC(N)C(c1ccco1)N1CCC2(CCCC2)CC1. The van der Waals surface area contributed by atoms with E-state index in [-0.39, 0.29) is 12.1 Å². The standard InChI is InChI=1S/C17H28N2O/c1-2-14(18)16(15-6-5-13-20-15)19-11-9-17(10-12-19)7-3-4-8-17/h5-6,13-14,16H,2-4,7-12,18H2,1H3. The number of furan rings is 1. The Morgan fingerprint density at radius 2 is 1.95 bits per heavy atom. The largest absolute Gasteiger partial charge is 0.468 e. The lowest BCUT2D eigenvalue weighted by molar-refractivity contribution is 0.0565. The molecule has 3 nitrogen and oxygen atoms in total. The van der Waals surface area contributed by atoms with Gasteiger partial charge in [0.2, 0.25) is 0 Å². The van der Waals surface area contributed by atoms with Gasteiger partial charge >= 0.3 is 0 Å². The third-order valence-electron chi connectivity index (χ3n) is 5.63. The molecule has 3 rings (SSSR count). The van der Waals surface area contributed by atoms with E-state index in [1.165, 1.54) is 51.6 Å². The fourth-order valence-corrected chi connectivity index (χ4v) is 4.25. The fraction of sp³-hybridized carbons (Fsp3) is 0.765. The molecule has 2 N–H and O–H groups in total. The van der Waals surface area contributed by atoms with Gasteiger partial charge in [-0.25, -0.2) is 0 Å². The second-order valence-electron chi connectivity index (χ2n) is 6.78. The first-order valence-corrected chi connectivity index (χ1v) is 8.27. The molecule has 1 aliphatic heterocycles. The zero-order chi connectivity index (χ0) is 14.0. The minimum absolute atomic E-state index is 0.166. The molecule has 0 amide bonds. The summed E-state index contributed by atoms with van der Waals surface area (Å²) in [5, 5.41) is 0. The highest BCUT2D eigenvalue weighted by molar-refractivity contribution is 5.09. The van der Waals surface area contributed by atoms with E-state index in [0.717, 1.165) is 12.2 Å². The number of hydrogen-bond donors (Lipinski definition) is 1. The highest BCUT2D eigenvalue weighted by atomic mass is 16.3. The molecule has 0 bridgehead atoms. The third kappa shape index (κ3) is 2.66. The van der Waals surface area contributed by atoms with Crippen molar-refractivity contribution in [3.05, 3.63) is 24.2 Å². The Labute approximate surface area is 122 Å². The first-order valence-electron chi connectivity index (χ1n) is 8.27. The smallest absolute Gasteiger partial charge is 0.122 e. The Balaban J connectivity index is 1.70. The van der Waals surface area contributed by atoms with Crippen molar-refractivity contribution in [1.29, 1.82) is 0 Å². The molecule has 1 aliphatic carbocycles. The first kappa shape index (κ1) is 14.2. The molecule has 1 aromatic heterocycles. The summed E-state index contributed by atoms with van der Waals surface area (Å²) in [6.07, 6.45) is 11.2. The molecule has 3 heteroatoms. The molecular weight excluding hydrogens is 248 g/mol. The van der Waals surface area contributed by atoms with Crippen LogP contribution in [0.5, 0.6) is 0 Å². The van der Waals surface area contributed by atoms with E-state index >= 15 is 0 Å². The Morgan fingerprint density at radius 1 is 1.25 bits per heavy atom. The lowest BCUT2D eigenvalue weighted by atomic mass is 9.76. The first-order chi connectivity index (χ1) is 9.74. The van der Waals surface area contributed by atoms with Crippen molar-refractivity contribution in [2.75, 3.05) is 13.1 Å². The van der Waals surface area contributed by atoms with Gasteiger partial charge in [-0.3, -0.25) is 4.90 Å². The van der Waals surface area contributed by atoms with Crippen molar-refractivity contribution in [3.63, 3.8) is 0 Å². The molecule has 2 heterocycles. The van der Waals surface area contributed by atoms with Gasteiger partial charge in [0.25, 0.3) is 0 Å². The van der Waals surface area contributed by atoms with Gasteiger partial charge < -0.3 is 10.2 Å². The molecule has 0 radical (unpaired) electrons. The zero-order valence-electron chi connectivity index (χ0n) is 12.7. The van der Waals surface area contributed by atoms with Gasteiger partial charge in [0.15, 0.2) is 0 Å². The van der Waals surface area contributed by atoms with E-state index in [1.54, 1.807) is 6.26 Å². The number of hydrogen-bond acceptors (Lipinski definition) is 3. The van der Waals surface area contributed by atoms with Gasteiger partial charge in [-0.1, -0.05) is 19.8 Å². The van der Waals surface area contributed by atoms with Crippen LogP contribution in [-0.4, -0.2) is 24.0 Å². The van der Waals surface area contributed by atoms with Gasteiger partial charge in [-0.15, -0.1) is 0 Å². The average molecular weight is 276 g/mol. The topological polar surface area (TPSA) is 42.4 Å². The van der Waals surface area contributed by atoms with E-state index in [1.807, 2.05) is 6.07 Å². The van der Waals surface area contributed by atoms with Crippen molar-refractivity contribution in [2.45, 2.75) is 64.0 Å². The van der Waals surface area contributed by atoms with Gasteiger partial charge in [0, 0.05) is 6.04 Å². The van der Waals surface area contributed by atoms with Crippen LogP contribution >= 0.6 is 0 Å². The summed E-state index contributed by atoms with van der Waals surface area (Å²) in [5.41, 5.74) is 7.05. The quantitative estimate of drug-likeness (QED) is 0.911.